The molecule has 76 valence electrons. The SMILES string of the molecule is COC1=CC2N=Cc3cccn3C2C=C1. The Morgan fingerprint density at radius 3 is 3.27 bits per heavy atom. The lowest BCUT2D eigenvalue weighted by atomic mass is 10.0. The van der Waals surface area contributed by atoms with Crippen LogP contribution < -0.4 is 0 Å². The Bertz CT molecular complexity index is 468. The summed E-state index contributed by atoms with van der Waals surface area (Å²) in [6, 6.07) is 4.60. The van der Waals surface area contributed by atoms with Crippen molar-refractivity contribution in [2.45, 2.75) is 12.1 Å². The van der Waals surface area contributed by atoms with Crippen molar-refractivity contribution < 1.29 is 4.74 Å². The molecule has 2 unspecified atom stereocenters. The van der Waals surface area contributed by atoms with Crippen LogP contribution in [0.5, 0.6) is 0 Å². The third kappa shape index (κ3) is 1.23. The molecule has 0 aromatic carbocycles. The normalized spacial score (nSPS) is 26.9. The lowest BCUT2D eigenvalue weighted by Crippen LogP contribution is -2.26. The van der Waals surface area contributed by atoms with E-state index in [9.17, 15) is 0 Å². The first-order valence-electron chi connectivity index (χ1n) is 5.02. The van der Waals surface area contributed by atoms with E-state index in [0.29, 0.717) is 6.04 Å². The first kappa shape index (κ1) is 8.53. The second-order valence-electron chi connectivity index (χ2n) is 3.73. The lowest BCUT2D eigenvalue weighted by molar-refractivity contribution is 0.298. The third-order valence-electron chi connectivity index (χ3n) is 2.89. The molecule has 0 fully saturated rings. The van der Waals surface area contributed by atoms with E-state index in [-0.39, 0.29) is 6.04 Å². The van der Waals surface area contributed by atoms with Gasteiger partial charge in [-0.15, -0.1) is 0 Å². The van der Waals surface area contributed by atoms with Gasteiger partial charge in [-0.05, 0) is 24.3 Å². The smallest absolute Gasteiger partial charge is 0.116 e. The number of nitrogens with zero attached hydrogens (tertiary/aromatic N) is 2. The zero-order chi connectivity index (χ0) is 10.3. The summed E-state index contributed by atoms with van der Waals surface area (Å²) in [6.07, 6.45) is 10.2. The van der Waals surface area contributed by atoms with Gasteiger partial charge in [0.2, 0.25) is 0 Å². The molecule has 2 aliphatic rings. The van der Waals surface area contributed by atoms with E-state index in [4.69, 9.17) is 4.74 Å². The van der Waals surface area contributed by atoms with Gasteiger partial charge in [-0.25, -0.2) is 0 Å². The zero-order valence-electron chi connectivity index (χ0n) is 8.50. The highest BCUT2D eigenvalue weighted by molar-refractivity contribution is 5.79. The molecule has 0 saturated heterocycles. The molecule has 2 atom stereocenters. The van der Waals surface area contributed by atoms with Crippen LogP contribution in [0.3, 0.4) is 0 Å². The number of hydrogen-bond donors (Lipinski definition) is 0. The van der Waals surface area contributed by atoms with Crippen LogP contribution in [0.15, 0.2) is 47.3 Å². The molecule has 2 heterocycles. The van der Waals surface area contributed by atoms with E-state index in [1.54, 1.807) is 7.11 Å². The number of fused-ring (bicyclic) bond motifs is 3. The maximum absolute atomic E-state index is 5.20. The van der Waals surface area contributed by atoms with Gasteiger partial charge in [0.1, 0.15) is 5.76 Å². The van der Waals surface area contributed by atoms with Gasteiger partial charge in [0.15, 0.2) is 0 Å². The zero-order valence-corrected chi connectivity index (χ0v) is 8.50. The van der Waals surface area contributed by atoms with Gasteiger partial charge in [-0.2, -0.15) is 0 Å². The van der Waals surface area contributed by atoms with Gasteiger partial charge in [0, 0.05) is 12.4 Å². The summed E-state index contributed by atoms with van der Waals surface area (Å²) < 4.78 is 7.43. The molecule has 0 radical (unpaired) electrons. The molecule has 1 aliphatic heterocycles. The Kier molecular flexibility index (Phi) is 1.78. The minimum absolute atomic E-state index is 0.171. The first-order valence-corrected chi connectivity index (χ1v) is 5.02. The van der Waals surface area contributed by atoms with Crippen LogP contribution in [0.2, 0.25) is 0 Å². The van der Waals surface area contributed by atoms with Crippen LogP contribution in [0, 0.1) is 0 Å². The van der Waals surface area contributed by atoms with Crippen LogP contribution in [0.25, 0.3) is 0 Å². The van der Waals surface area contributed by atoms with Gasteiger partial charge in [0.25, 0.3) is 0 Å². The van der Waals surface area contributed by atoms with Gasteiger partial charge in [-0.1, -0.05) is 6.08 Å². The summed E-state index contributed by atoms with van der Waals surface area (Å²) in [4.78, 5) is 4.51. The molecule has 3 nitrogen and oxygen atoms in total. The van der Waals surface area contributed by atoms with E-state index in [1.165, 1.54) is 0 Å². The summed E-state index contributed by atoms with van der Waals surface area (Å²) in [5.74, 6) is 0.893. The van der Waals surface area contributed by atoms with E-state index in [0.717, 1.165) is 11.5 Å². The van der Waals surface area contributed by atoms with Crippen LogP contribution in [-0.4, -0.2) is 23.9 Å². The summed E-state index contributed by atoms with van der Waals surface area (Å²) in [5.41, 5.74) is 1.16. The monoisotopic (exact) mass is 200 g/mol. The molecule has 0 bridgehead atoms. The van der Waals surface area contributed by atoms with Crippen LogP contribution in [-0.2, 0) is 4.74 Å². The van der Waals surface area contributed by atoms with Crippen molar-refractivity contribution in [2.75, 3.05) is 7.11 Å². The summed E-state index contributed by atoms with van der Waals surface area (Å²) in [5, 5.41) is 0. The number of ether oxygens (including phenoxy) is 1. The van der Waals surface area contributed by atoms with E-state index in [2.05, 4.69) is 34.0 Å². The second kappa shape index (κ2) is 3.12. The Morgan fingerprint density at radius 1 is 1.47 bits per heavy atom. The highest BCUT2D eigenvalue weighted by Gasteiger charge is 2.25. The topological polar surface area (TPSA) is 26.5 Å². The maximum Gasteiger partial charge on any atom is 0.116 e. The third-order valence-corrected chi connectivity index (χ3v) is 2.89. The quantitative estimate of drug-likeness (QED) is 0.680. The summed E-state index contributed by atoms with van der Waals surface area (Å²) in [7, 11) is 1.68. The number of allylic oxidation sites excluding steroid dienone is 1. The first-order chi connectivity index (χ1) is 7.38. The highest BCUT2D eigenvalue weighted by Crippen LogP contribution is 2.28. The molecule has 1 aromatic heterocycles. The fourth-order valence-corrected chi connectivity index (χ4v) is 2.10. The van der Waals surface area contributed by atoms with Crippen molar-refractivity contribution in [3.63, 3.8) is 0 Å². The molecule has 0 amide bonds. The van der Waals surface area contributed by atoms with E-state index >= 15 is 0 Å². The van der Waals surface area contributed by atoms with Gasteiger partial charge in [0.05, 0.1) is 24.9 Å². The predicted molar refractivity (Wildman–Crippen MR) is 59.1 cm³/mol. The molecule has 3 heteroatoms. The Morgan fingerprint density at radius 2 is 2.40 bits per heavy atom. The molecule has 3 rings (SSSR count). The molecule has 15 heavy (non-hydrogen) atoms. The van der Waals surface area contributed by atoms with Crippen LogP contribution >= 0.6 is 0 Å². The summed E-state index contributed by atoms with van der Waals surface area (Å²) >= 11 is 0. The summed E-state index contributed by atoms with van der Waals surface area (Å²) in [6.45, 7) is 0. The van der Waals surface area contributed by atoms with Gasteiger partial charge in [-0.3, -0.25) is 4.99 Å². The van der Waals surface area contributed by atoms with Crippen molar-refractivity contribution >= 4 is 6.21 Å². The standard InChI is InChI=1S/C12H12N2O/c1-15-10-4-5-12-11(7-10)13-8-9-3-2-6-14(9)12/h2-8,11-12H,1H3. The highest BCUT2D eigenvalue weighted by atomic mass is 16.5. The van der Waals surface area contributed by atoms with E-state index < -0.39 is 0 Å². The maximum atomic E-state index is 5.20. The Hall–Kier alpha value is -1.77. The number of methoxy groups -OCH3 is 1. The number of aliphatic imine (C=N–C) groups is 1. The molecular weight excluding hydrogens is 188 g/mol. The number of aromatic nitrogens is 1. The molecule has 0 spiro atoms. The fraction of sp³-hybridized carbons (Fsp3) is 0.250. The Labute approximate surface area is 88.4 Å². The van der Waals surface area contributed by atoms with Crippen LogP contribution in [0.4, 0.5) is 0 Å². The minimum Gasteiger partial charge on any atom is -0.497 e. The minimum atomic E-state index is 0.171. The molecular formula is C12H12N2O. The molecule has 0 saturated carbocycles. The predicted octanol–water partition coefficient (Wildman–Crippen LogP) is 1.93. The van der Waals surface area contributed by atoms with Crippen LogP contribution in [0.1, 0.15) is 11.7 Å². The van der Waals surface area contributed by atoms with Crippen molar-refractivity contribution in [1.82, 2.24) is 4.57 Å². The average Bonchev–Trinajstić information content (AvgIpc) is 2.76. The van der Waals surface area contributed by atoms with Crippen molar-refractivity contribution in [3.8, 4) is 0 Å². The largest absolute Gasteiger partial charge is 0.497 e. The molecule has 1 aliphatic carbocycles. The van der Waals surface area contributed by atoms with E-state index in [1.807, 2.05) is 18.4 Å². The lowest BCUT2D eigenvalue weighted by Gasteiger charge is -2.28. The second-order valence-corrected chi connectivity index (χ2v) is 3.73. The van der Waals surface area contributed by atoms with Crippen molar-refractivity contribution in [3.05, 3.63) is 48.0 Å². The van der Waals surface area contributed by atoms with Crippen molar-refractivity contribution in [1.29, 1.82) is 0 Å². The average molecular weight is 200 g/mol. The Balaban J connectivity index is 2.03. The molecule has 0 N–H and O–H groups in total. The fourth-order valence-electron chi connectivity index (χ4n) is 2.10. The van der Waals surface area contributed by atoms with Gasteiger partial charge >= 0.3 is 0 Å². The number of rotatable bonds is 1. The molecule has 1 aromatic rings. The van der Waals surface area contributed by atoms with Crippen molar-refractivity contribution in [2.24, 2.45) is 4.99 Å². The van der Waals surface area contributed by atoms with Gasteiger partial charge < -0.3 is 9.30 Å². The number of hydrogen-bond acceptors (Lipinski definition) is 2.